The van der Waals surface area contributed by atoms with Gasteiger partial charge < -0.3 is 0 Å². The van der Waals surface area contributed by atoms with Gasteiger partial charge in [0, 0.05) is 12.4 Å². The van der Waals surface area contributed by atoms with Crippen molar-refractivity contribution in [2.45, 2.75) is 11.4 Å². The molecule has 0 bridgehead atoms. The van der Waals surface area contributed by atoms with Gasteiger partial charge in [0.2, 0.25) is 20.0 Å². The van der Waals surface area contributed by atoms with Gasteiger partial charge in [-0.3, -0.25) is 0 Å². The third-order valence-electron chi connectivity index (χ3n) is 2.07. The molecule has 1 aromatic carbocycles. The van der Waals surface area contributed by atoms with Crippen LogP contribution in [0.4, 0.5) is 0 Å². The molecule has 0 aliphatic carbocycles. The summed E-state index contributed by atoms with van der Waals surface area (Å²) >= 11 is 5.34. The van der Waals surface area contributed by atoms with Crippen molar-refractivity contribution in [1.82, 2.24) is 4.72 Å². The molecular weight excluding hydrogens is 300 g/mol. The van der Waals surface area contributed by atoms with Gasteiger partial charge in [-0.15, -0.1) is 11.6 Å². The molecule has 1 rings (SSSR count). The van der Waals surface area contributed by atoms with Gasteiger partial charge in [0.1, 0.15) is 0 Å². The number of alkyl halides is 1. The Morgan fingerprint density at radius 2 is 1.89 bits per heavy atom. The van der Waals surface area contributed by atoms with Crippen molar-refractivity contribution in [2.24, 2.45) is 5.14 Å². The van der Waals surface area contributed by atoms with Gasteiger partial charge in [-0.25, -0.2) is 26.7 Å². The first-order valence-electron chi connectivity index (χ1n) is 4.90. The molecule has 0 fully saturated rings. The van der Waals surface area contributed by atoms with Gasteiger partial charge in [-0.2, -0.15) is 0 Å². The predicted molar refractivity (Wildman–Crippen MR) is 69.2 cm³/mol. The van der Waals surface area contributed by atoms with Crippen LogP contribution in [0.3, 0.4) is 0 Å². The molecule has 0 saturated heterocycles. The topological polar surface area (TPSA) is 106 Å². The van der Waals surface area contributed by atoms with Crippen molar-refractivity contribution >= 4 is 31.6 Å². The van der Waals surface area contributed by atoms with Gasteiger partial charge in [-0.05, 0) is 17.7 Å². The summed E-state index contributed by atoms with van der Waals surface area (Å²) in [6.07, 6.45) is 0. The van der Waals surface area contributed by atoms with Gasteiger partial charge in [0.25, 0.3) is 0 Å². The Balaban J connectivity index is 2.82. The van der Waals surface area contributed by atoms with Crippen LogP contribution in [-0.2, 0) is 26.6 Å². The lowest BCUT2D eigenvalue weighted by atomic mass is 10.2. The number of rotatable bonds is 6. The molecule has 0 unspecified atom stereocenters. The van der Waals surface area contributed by atoms with Crippen LogP contribution in [0.1, 0.15) is 5.56 Å². The quantitative estimate of drug-likeness (QED) is 0.721. The van der Waals surface area contributed by atoms with Crippen LogP contribution in [0.5, 0.6) is 0 Å². The zero-order valence-electron chi connectivity index (χ0n) is 9.34. The average molecular weight is 313 g/mol. The van der Waals surface area contributed by atoms with Crippen LogP contribution < -0.4 is 9.86 Å². The van der Waals surface area contributed by atoms with E-state index < -0.39 is 20.0 Å². The van der Waals surface area contributed by atoms with Gasteiger partial charge in [0.05, 0.1) is 10.6 Å². The normalized spacial score (nSPS) is 12.6. The molecule has 3 N–H and O–H groups in total. The van der Waals surface area contributed by atoms with Crippen molar-refractivity contribution in [1.29, 1.82) is 0 Å². The fraction of sp³-hybridized carbons (Fsp3) is 0.333. The number of hydrogen-bond acceptors (Lipinski definition) is 4. The number of sulfonamides is 2. The smallest absolute Gasteiger partial charge is 0.225 e. The highest BCUT2D eigenvalue weighted by Crippen LogP contribution is 2.09. The average Bonchev–Trinajstić information content (AvgIpc) is 2.26. The number of benzene rings is 1. The fourth-order valence-corrected chi connectivity index (χ4v) is 3.13. The van der Waals surface area contributed by atoms with E-state index in [1.807, 2.05) is 0 Å². The summed E-state index contributed by atoms with van der Waals surface area (Å²) < 4.78 is 47.2. The summed E-state index contributed by atoms with van der Waals surface area (Å²) in [5.41, 5.74) is 0.500. The minimum Gasteiger partial charge on any atom is -0.225 e. The van der Waals surface area contributed by atoms with E-state index in [1.165, 1.54) is 18.2 Å². The maximum absolute atomic E-state index is 11.3. The van der Waals surface area contributed by atoms with E-state index in [4.69, 9.17) is 16.7 Å². The van der Waals surface area contributed by atoms with E-state index in [2.05, 4.69) is 4.72 Å². The molecule has 0 amide bonds. The Bertz CT molecular complexity index is 613. The molecule has 0 aromatic heterocycles. The minimum absolute atomic E-state index is 0.00739. The highest BCUT2D eigenvalue weighted by Gasteiger charge is 2.11. The lowest BCUT2D eigenvalue weighted by Crippen LogP contribution is -2.26. The highest BCUT2D eigenvalue weighted by molar-refractivity contribution is 7.89. The minimum atomic E-state index is -3.79. The van der Waals surface area contributed by atoms with Crippen molar-refractivity contribution in [3.63, 3.8) is 0 Å². The molecule has 1 aromatic rings. The molecule has 9 heteroatoms. The van der Waals surface area contributed by atoms with E-state index >= 15 is 0 Å². The fourth-order valence-electron chi connectivity index (χ4n) is 1.20. The Labute approximate surface area is 111 Å². The predicted octanol–water partition coefficient (Wildman–Crippen LogP) is -0.00780. The molecule has 0 saturated carbocycles. The maximum atomic E-state index is 11.3. The third kappa shape index (κ3) is 4.91. The Morgan fingerprint density at radius 1 is 1.22 bits per heavy atom. The molecule has 6 nitrogen and oxygen atoms in total. The number of nitrogens with two attached hydrogens (primary N) is 1. The van der Waals surface area contributed by atoms with E-state index in [1.54, 1.807) is 6.07 Å². The second-order valence-electron chi connectivity index (χ2n) is 3.52. The Hall–Kier alpha value is -0.670. The van der Waals surface area contributed by atoms with Crippen molar-refractivity contribution in [3.05, 3.63) is 29.8 Å². The van der Waals surface area contributed by atoms with Crippen LogP contribution in [0, 0.1) is 0 Å². The monoisotopic (exact) mass is 312 g/mol. The van der Waals surface area contributed by atoms with E-state index in [-0.39, 0.29) is 23.1 Å². The number of nitrogens with one attached hydrogen (secondary N) is 1. The van der Waals surface area contributed by atoms with Crippen LogP contribution in [0.15, 0.2) is 29.2 Å². The Kier molecular flexibility index (Phi) is 5.11. The third-order valence-corrected chi connectivity index (χ3v) is 4.72. The second kappa shape index (κ2) is 5.98. The Morgan fingerprint density at radius 3 is 2.44 bits per heavy atom. The number of halogens is 1. The summed E-state index contributed by atoms with van der Waals surface area (Å²) in [5, 5.41) is 4.97. The van der Waals surface area contributed by atoms with Crippen LogP contribution in [0.25, 0.3) is 0 Å². The van der Waals surface area contributed by atoms with Gasteiger partial charge >= 0.3 is 0 Å². The summed E-state index contributed by atoms with van der Waals surface area (Å²) in [6, 6.07) is 5.74. The number of primary sulfonamides is 1. The zero-order valence-corrected chi connectivity index (χ0v) is 11.7. The lowest BCUT2D eigenvalue weighted by molar-refractivity contribution is 0.583. The van der Waals surface area contributed by atoms with E-state index in [9.17, 15) is 16.8 Å². The molecule has 102 valence electrons. The summed E-state index contributed by atoms with van der Waals surface area (Å²) in [6.45, 7) is -0.0113. The summed E-state index contributed by atoms with van der Waals surface area (Å²) in [4.78, 5) is -0.0588. The van der Waals surface area contributed by atoms with Gasteiger partial charge in [-0.1, -0.05) is 12.1 Å². The molecule has 0 atom stereocenters. The van der Waals surface area contributed by atoms with E-state index in [0.29, 0.717) is 5.56 Å². The summed E-state index contributed by atoms with van der Waals surface area (Å²) in [5.74, 6) is -0.198. The standard InChI is InChI=1S/C9H13ClN2O4S2/c10-4-5-17(13,14)12-7-8-2-1-3-9(6-8)18(11,15)16/h1-3,6,12H,4-5,7H2,(H2,11,15,16). The molecule has 18 heavy (non-hydrogen) atoms. The maximum Gasteiger partial charge on any atom is 0.238 e. The largest absolute Gasteiger partial charge is 0.238 e. The number of hydrogen-bond donors (Lipinski definition) is 2. The highest BCUT2D eigenvalue weighted by atomic mass is 35.5. The van der Waals surface area contributed by atoms with Crippen molar-refractivity contribution in [2.75, 3.05) is 11.6 Å². The van der Waals surface area contributed by atoms with Crippen molar-refractivity contribution in [3.8, 4) is 0 Å². The van der Waals surface area contributed by atoms with Crippen molar-refractivity contribution < 1.29 is 16.8 Å². The van der Waals surface area contributed by atoms with Gasteiger partial charge in [0.15, 0.2) is 0 Å². The van der Waals surface area contributed by atoms with Crippen LogP contribution in [-0.4, -0.2) is 28.5 Å². The van der Waals surface area contributed by atoms with Crippen LogP contribution in [0.2, 0.25) is 0 Å². The first-order valence-corrected chi connectivity index (χ1v) is 8.63. The second-order valence-corrected chi connectivity index (χ2v) is 7.39. The molecule has 0 spiro atoms. The lowest BCUT2D eigenvalue weighted by Gasteiger charge is -2.06. The first-order chi connectivity index (χ1) is 8.24. The van der Waals surface area contributed by atoms with Crippen LogP contribution >= 0.6 is 11.6 Å². The molecule has 0 radical (unpaired) electrons. The summed E-state index contributed by atoms with van der Waals surface area (Å²) in [7, 11) is -7.23. The first kappa shape index (κ1) is 15.4. The SMILES string of the molecule is NS(=O)(=O)c1cccc(CNS(=O)(=O)CCCl)c1. The molecule has 0 aliphatic rings. The molecule has 0 aliphatic heterocycles. The zero-order chi connectivity index (χ0) is 13.8. The molecule has 0 heterocycles. The van der Waals surface area contributed by atoms with E-state index in [0.717, 1.165) is 0 Å². The molecular formula is C9H13ClN2O4S2.